The Morgan fingerprint density at radius 1 is 1.21 bits per heavy atom. The van der Waals surface area contributed by atoms with Crippen LogP contribution in [0.4, 0.5) is 5.69 Å². The molecule has 2 aromatic heterocycles. The lowest BCUT2D eigenvalue weighted by molar-refractivity contribution is -0.115. The summed E-state index contributed by atoms with van der Waals surface area (Å²) in [5, 5.41) is 7.48. The molecule has 0 bridgehead atoms. The number of nitrogens with one attached hydrogen (secondary N) is 1. The number of aryl methyl sites for hydroxylation is 1. The Morgan fingerprint density at radius 3 is 2.79 bits per heavy atom. The summed E-state index contributed by atoms with van der Waals surface area (Å²) in [7, 11) is 0. The third kappa shape index (κ3) is 3.79. The largest absolute Gasteiger partial charge is 0.441 e. The van der Waals surface area contributed by atoms with Crippen LogP contribution in [0.2, 0.25) is 5.02 Å². The molecule has 0 spiro atoms. The predicted octanol–water partition coefficient (Wildman–Crippen LogP) is 4.07. The number of carbonyl (C=O) groups is 1. The summed E-state index contributed by atoms with van der Waals surface area (Å²) in [5.41, 5.74) is 2.64. The van der Waals surface area contributed by atoms with Gasteiger partial charge in [0.05, 0.1) is 23.5 Å². The zero-order valence-corrected chi connectivity index (χ0v) is 15.7. The van der Waals surface area contributed by atoms with Gasteiger partial charge in [-0.1, -0.05) is 29.8 Å². The molecule has 0 aliphatic heterocycles. The molecule has 1 amide bonds. The standard InChI is InChI=1S/C20H16ClN5O2/c1-13-16(25-20(28-13)14-5-3-2-4-6-14)10-19(27)24-17-9-15(21)7-8-18(17)26-12-22-11-23-26/h2-9,11-12H,10H2,1H3,(H,24,27). The van der Waals surface area contributed by atoms with Crippen LogP contribution in [0, 0.1) is 6.92 Å². The second-order valence-corrected chi connectivity index (χ2v) is 6.55. The summed E-state index contributed by atoms with van der Waals surface area (Å²) >= 11 is 6.09. The fourth-order valence-electron chi connectivity index (χ4n) is 2.78. The summed E-state index contributed by atoms with van der Waals surface area (Å²) in [6.07, 6.45) is 3.04. The van der Waals surface area contributed by atoms with Crippen molar-refractivity contribution in [3.63, 3.8) is 0 Å². The van der Waals surface area contributed by atoms with E-state index in [4.69, 9.17) is 16.0 Å². The molecule has 0 fully saturated rings. The van der Waals surface area contributed by atoms with E-state index < -0.39 is 0 Å². The van der Waals surface area contributed by atoms with Crippen molar-refractivity contribution in [3.05, 3.63) is 77.7 Å². The highest BCUT2D eigenvalue weighted by Gasteiger charge is 2.16. The van der Waals surface area contributed by atoms with Crippen LogP contribution < -0.4 is 5.32 Å². The Kier molecular flexibility index (Phi) is 4.90. The predicted molar refractivity (Wildman–Crippen MR) is 105 cm³/mol. The molecular formula is C20H16ClN5O2. The Labute approximate surface area is 166 Å². The van der Waals surface area contributed by atoms with Crippen molar-refractivity contribution in [2.24, 2.45) is 0 Å². The molecule has 2 aromatic carbocycles. The lowest BCUT2D eigenvalue weighted by Crippen LogP contribution is -2.17. The normalized spacial score (nSPS) is 10.8. The van der Waals surface area contributed by atoms with Gasteiger partial charge in [0, 0.05) is 10.6 Å². The Bertz CT molecular complexity index is 1110. The SMILES string of the molecule is Cc1oc(-c2ccccc2)nc1CC(=O)Nc1cc(Cl)ccc1-n1cncn1. The first-order chi connectivity index (χ1) is 13.6. The third-order valence-electron chi connectivity index (χ3n) is 4.14. The molecule has 0 saturated heterocycles. The topological polar surface area (TPSA) is 85.8 Å². The van der Waals surface area contributed by atoms with Crippen LogP contribution in [0.5, 0.6) is 0 Å². The van der Waals surface area contributed by atoms with Gasteiger partial charge in [-0.3, -0.25) is 4.79 Å². The van der Waals surface area contributed by atoms with Gasteiger partial charge in [0.1, 0.15) is 18.4 Å². The number of carbonyl (C=O) groups excluding carboxylic acids is 1. The van der Waals surface area contributed by atoms with Crippen molar-refractivity contribution in [2.75, 3.05) is 5.32 Å². The van der Waals surface area contributed by atoms with Gasteiger partial charge in [-0.2, -0.15) is 5.10 Å². The van der Waals surface area contributed by atoms with E-state index in [1.165, 1.54) is 6.33 Å². The first-order valence-corrected chi connectivity index (χ1v) is 8.94. The first kappa shape index (κ1) is 17.9. The molecule has 7 nitrogen and oxygen atoms in total. The molecule has 0 aliphatic rings. The van der Waals surface area contributed by atoms with Crippen LogP contribution in [-0.2, 0) is 11.2 Å². The van der Waals surface area contributed by atoms with Crippen molar-refractivity contribution >= 4 is 23.2 Å². The van der Waals surface area contributed by atoms with Gasteiger partial charge >= 0.3 is 0 Å². The van der Waals surface area contributed by atoms with Crippen molar-refractivity contribution in [1.82, 2.24) is 19.7 Å². The second-order valence-electron chi connectivity index (χ2n) is 6.11. The number of rotatable bonds is 5. The van der Waals surface area contributed by atoms with Crippen LogP contribution in [0.15, 0.2) is 65.6 Å². The van der Waals surface area contributed by atoms with Crippen molar-refractivity contribution in [1.29, 1.82) is 0 Å². The summed E-state index contributed by atoms with van der Waals surface area (Å²) in [6, 6.07) is 14.7. The van der Waals surface area contributed by atoms with Gasteiger partial charge in [-0.15, -0.1) is 0 Å². The van der Waals surface area contributed by atoms with E-state index in [9.17, 15) is 4.79 Å². The summed E-state index contributed by atoms with van der Waals surface area (Å²) < 4.78 is 7.28. The molecule has 4 rings (SSSR count). The zero-order valence-electron chi connectivity index (χ0n) is 15.0. The Morgan fingerprint density at radius 2 is 2.04 bits per heavy atom. The lowest BCUT2D eigenvalue weighted by Gasteiger charge is -2.11. The maximum absolute atomic E-state index is 12.6. The summed E-state index contributed by atoms with van der Waals surface area (Å²) in [4.78, 5) is 21.0. The average molecular weight is 394 g/mol. The lowest BCUT2D eigenvalue weighted by atomic mass is 10.2. The first-order valence-electron chi connectivity index (χ1n) is 8.56. The number of benzene rings is 2. The smallest absolute Gasteiger partial charge is 0.230 e. The quantitative estimate of drug-likeness (QED) is 0.552. The molecule has 0 atom stereocenters. The highest BCUT2D eigenvalue weighted by molar-refractivity contribution is 6.31. The van der Waals surface area contributed by atoms with Crippen molar-refractivity contribution in [3.8, 4) is 17.1 Å². The van der Waals surface area contributed by atoms with E-state index in [0.29, 0.717) is 33.7 Å². The van der Waals surface area contributed by atoms with Gasteiger partial charge in [-0.25, -0.2) is 14.6 Å². The van der Waals surface area contributed by atoms with E-state index in [1.807, 2.05) is 30.3 Å². The molecule has 0 radical (unpaired) electrons. The van der Waals surface area contributed by atoms with Crippen LogP contribution in [0.3, 0.4) is 0 Å². The summed E-state index contributed by atoms with van der Waals surface area (Å²) in [5.74, 6) is 0.864. The minimum atomic E-state index is -0.236. The molecule has 0 unspecified atom stereocenters. The van der Waals surface area contributed by atoms with Gasteiger partial charge in [0.25, 0.3) is 0 Å². The molecule has 140 valence electrons. The number of amides is 1. The van der Waals surface area contributed by atoms with Crippen LogP contribution in [-0.4, -0.2) is 25.7 Å². The summed E-state index contributed by atoms with van der Waals surface area (Å²) in [6.45, 7) is 1.79. The number of hydrogen-bond acceptors (Lipinski definition) is 5. The van der Waals surface area contributed by atoms with E-state index in [1.54, 1.807) is 36.1 Å². The number of hydrogen-bond donors (Lipinski definition) is 1. The molecular weight excluding hydrogens is 378 g/mol. The fraction of sp³-hybridized carbons (Fsp3) is 0.100. The fourth-order valence-corrected chi connectivity index (χ4v) is 2.96. The number of halogens is 1. The second kappa shape index (κ2) is 7.66. The van der Waals surface area contributed by atoms with Crippen molar-refractivity contribution < 1.29 is 9.21 Å². The molecule has 4 aromatic rings. The highest BCUT2D eigenvalue weighted by Crippen LogP contribution is 2.25. The zero-order chi connectivity index (χ0) is 19.5. The van der Waals surface area contributed by atoms with Gasteiger partial charge in [-0.05, 0) is 37.3 Å². The monoisotopic (exact) mass is 393 g/mol. The Balaban J connectivity index is 1.55. The van der Waals surface area contributed by atoms with E-state index >= 15 is 0 Å². The van der Waals surface area contributed by atoms with Crippen LogP contribution >= 0.6 is 11.6 Å². The molecule has 0 saturated carbocycles. The van der Waals surface area contributed by atoms with E-state index in [2.05, 4.69) is 20.4 Å². The van der Waals surface area contributed by atoms with Gasteiger partial charge in [0.2, 0.25) is 11.8 Å². The minimum Gasteiger partial charge on any atom is -0.441 e. The van der Waals surface area contributed by atoms with Gasteiger partial charge < -0.3 is 9.73 Å². The van der Waals surface area contributed by atoms with E-state index in [0.717, 1.165) is 5.56 Å². The van der Waals surface area contributed by atoms with Gasteiger partial charge in [0.15, 0.2) is 0 Å². The number of anilines is 1. The molecule has 1 N–H and O–H groups in total. The molecule has 28 heavy (non-hydrogen) atoms. The number of oxazole rings is 1. The number of aromatic nitrogens is 4. The molecule has 8 heteroatoms. The molecule has 0 aliphatic carbocycles. The Hall–Kier alpha value is -3.45. The molecule has 2 heterocycles. The number of nitrogens with zero attached hydrogens (tertiary/aromatic N) is 4. The minimum absolute atomic E-state index is 0.0749. The third-order valence-corrected chi connectivity index (χ3v) is 4.37. The highest BCUT2D eigenvalue weighted by atomic mass is 35.5. The average Bonchev–Trinajstić information content (AvgIpc) is 3.33. The van der Waals surface area contributed by atoms with Crippen LogP contribution in [0.1, 0.15) is 11.5 Å². The maximum atomic E-state index is 12.6. The van der Waals surface area contributed by atoms with Crippen molar-refractivity contribution in [2.45, 2.75) is 13.3 Å². The maximum Gasteiger partial charge on any atom is 0.230 e. The van der Waals surface area contributed by atoms with E-state index in [-0.39, 0.29) is 12.3 Å². The van der Waals surface area contributed by atoms with Crippen LogP contribution in [0.25, 0.3) is 17.1 Å².